The monoisotopic (exact) mass is 270 g/mol. The highest BCUT2D eigenvalue weighted by Gasteiger charge is 2.36. The van der Waals surface area contributed by atoms with Crippen molar-refractivity contribution in [2.45, 2.75) is 18.8 Å². The predicted octanol–water partition coefficient (Wildman–Crippen LogP) is 3.60. The van der Waals surface area contributed by atoms with Crippen molar-refractivity contribution in [3.63, 3.8) is 0 Å². The normalized spacial score (nSPS) is 21.2. The van der Waals surface area contributed by atoms with E-state index in [-0.39, 0.29) is 11.7 Å². The number of hydrogen-bond acceptors (Lipinski definition) is 1. The van der Waals surface area contributed by atoms with Crippen LogP contribution in [-0.2, 0) is 11.2 Å². The van der Waals surface area contributed by atoms with Crippen molar-refractivity contribution in [3.05, 3.63) is 71.0 Å². The highest BCUT2D eigenvalue weighted by molar-refractivity contribution is 5.73. The van der Waals surface area contributed by atoms with Crippen LogP contribution in [0.5, 0.6) is 0 Å². The lowest BCUT2D eigenvalue weighted by molar-refractivity contribution is -0.142. The molecule has 0 radical (unpaired) electrons. The van der Waals surface area contributed by atoms with Crippen molar-refractivity contribution in [3.8, 4) is 0 Å². The Kier molecular flexibility index (Phi) is 3.26. The quantitative estimate of drug-likeness (QED) is 0.905. The number of halogens is 1. The predicted molar refractivity (Wildman–Crippen MR) is 74.1 cm³/mol. The van der Waals surface area contributed by atoms with Crippen LogP contribution in [0, 0.1) is 11.7 Å². The summed E-state index contributed by atoms with van der Waals surface area (Å²) in [7, 11) is 0. The average Bonchev–Trinajstić information content (AvgIpc) is 2.47. The molecule has 0 amide bonds. The molecule has 102 valence electrons. The van der Waals surface area contributed by atoms with Crippen molar-refractivity contribution >= 4 is 5.97 Å². The van der Waals surface area contributed by atoms with Crippen molar-refractivity contribution in [1.29, 1.82) is 0 Å². The average molecular weight is 270 g/mol. The molecule has 0 aliphatic heterocycles. The lowest BCUT2D eigenvalue weighted by Crippen LogP contribution is -2.28. The van der Waals surface area contributed by atoms with Gasteiger partial charge in [-0.25, -0.2) is 4.39 Å². The second kappa shape index (κ2) is 5.08. The molecule has 0 aromatic heterocycles. The van der Waals surface area contributed by atoms with Gasteiger partial charge in [-0.3, -0.25) is 4.79 Å². The van der Waals surface area contributed by atoms with E-state index in [9.17, 15) is 14.3 Å². The third-order valence-corrected chi connectivity index (χ3v) is 4.07. The standard InChI is InChI=1S/C17H15FO2/c18-15-8-4-7-13-12(15)9-10-14(17(19)20)16(13)11-5-2-1-3-6-11/h1-8,14,16H,9-10H2,(H,19,20). The summed E-state index contributed by atoms with van der Waals surface area (Å²) in [5.74, 6) is -1.80. The molecule has 0 bridgehead atoms. The molecule has 0 fully saturated rings. The molecule has 0 saturated heterocycles. The van der Waals surface area contributed by atoms with Gasteiger partial charge in [0, 0.05) is 5.92 Å². The topological polar surface area (TPSA) is 37.3 Å². The highest BCUT2D eigenvalue weighted by atomic mass is 19.1. The lowest BCUT2D eigenvalue weighted by Gasteiger charge is -2.31. The molecule has 2 nitrogen and oxygen atoms in total. The summed E-state index contributed by atoms with van der Waals surface area (Å²) in [6, 6.07) is 14.5. The molecular weight excluding hydrogens is 255 g/mol. The van der Waals surface area contributed by atoms with E-state index in [2.05, 4.69) is 0 Å². The van der Waals surface area contributed by atoms with Crippen molar-refractivity contribution in [2.75, 3.05) is 0 Å². The number of carboxylic acids is 1. The number of carboxylic acid groups (broad SMARTS) is 1. The smallest absolute Gasteiger partial charge is 0.307 e. The minimum Gasteiger partial charge on any atom is -0.481 e. The van der Waals surface area contributed by atoms with Crippen LogP contribution in [0.15, 0.2) is 48.5 Å². The molecule has 3 heteroatoms. The van der Waals surface area contributed by atoms with Gasteiger partial charge in [-0.1, -0.05) is 42.5 Å². The van der Waals surface area contributed by atoms with Gasteiger partial charge in [-0.15, -0.1) is 0 Å². The van der Waals surface area contributed by atoms with Gasteiger partial charge >= 0.3 is 5.97 Å². The first-order valence-electron chi connectivity index (χ1n) is 6.73. The Morgan fingerprint density at radius 2 is 1.85 bits per heavy atom. The van der Waals surface area contributed by atoms with E-state index in [1.54, 1.807) is 6.07 Å². The minimum atomic E-state index is -0.811. The number of benzene rings is 2. The van der Waals surface area contributed by atoms with Crippen molar-refractivity contribution in [1.82, 2.24) is 0 Å². The van der Waals surface area contributed by atoms with Gasteiger partial charge in [0.2, 0.25) is 0 Å². The van der Waals surface area contributed by atoms with Gasteiger partial charge in [0.05, 0.1) is 5.92 Å². The molecule has 2 unspecified atom stereocenters. The van der Waals surface area contributed by atoms with Crippen LogP contribution in [0.4, 0.5) is 4.39 Å². The zero-order valence-corrected chi connectivity index (χ0v) is 10.9. The lowest BCUT2D eigenvalue weighted by atomic mass is 9.72. The van der Waals surface area contributed by atoms with Crippen LogP contribution in [0.25, 0.3) is 0 Å². The number of carbonyl (C=O) groups is 1. The Morgan fingerprint density at radius 3 is 2.55 bits per heavy atom. The molecule has 0 heterocycles. The first-order valence-corrected chi connectivity index (χ1v) is 6.73. The molecule has 1 aliphatic rings. The Labute approximate surface area is 116 Å². The van der Waals surface area contributed by atoms with Crippen LogP contribution >= 0.6 is 0 Å². The zero-order valence-electron chi connectivity index (χ0n) is 10.9. The third-order valence-electron chi connectivity index (χ3n) is 4.07. The Balaban J connectivity index is 2.16. The largest absolute Gasteiger partial charge is 0.481 e. The Hall–Kier alpha value is -2.16. The molecule has 0 saturated carbocycles. The number of fused-ring (bicyclic) bond motifs is 1. The third kappa shape index (κ3) is 2.09. The van der Waals surface area contributed by atoms with E-state index in [1.807, 2.05) is 36.4 Å². The van der Waals surface area contributed by atoms with Crippen LogP contribution in [-0.4, -0.2) is 11.1 Å². The van der Waals surface area contributed by atoms with Crippen molar-refractivity contribution < 1.29 is 14.3 Å². The molecule has 2 aromatic carbocycles. The maximum atomic E-state index is 13.9. The van der Waals surface area contributed by atoms with Crippen LogP contribution < -0.4 is 0 Å². The first-order chi connectivity index (χ1) is 9.68. The van der Waals surface area contributed by atoms with Crippen molar-refractivity contribution in [2.24, 2.45) is 5.92 Å². The van der Waals surface area contributed by atoms with Gasteiger partial charge in [-0.05, 0) is 35.6 Å². The number of hydrogen-bond donors (Lipinski definition) is 1. The molecular formula is C17H15FO2. The minimum absolute atomic E-state index is 0.229. The molecule has 20 heavy (non-hydrogen) atoms. The summed E-state index contributed by atoms with van der Waals surface area (Å²) in [5, 5.41) is 9.47. The van der Waals surface area contributed by atoms with E-state index in [4.69, 9.17) is 0 Å². The van der Waals surface area contributed by atoms with E-state index in [1.165, 1.54) is 6.07 Å². The van der Waals surface area contributed by atoms with Crippen LogP contribution in [0.1, 0.15) is 29.0 Å². The Morgan fingerprint density at radius 1 is 1.10 bits per heavy atom. The second-order valence-corrected chi connectivity index (χ2v) is 5.18. The molecule has 3 rings (SSSR count). The summed E-state index contributed by atoms with van der Waals surface area (Å²) in [5.41, 5.74) is 2.42. The Bertz CT molecular complexity index is 637. The van der Waals surface area contributed by atoms with E-state index >= 15 is 0 Å². The van der Waals surface area contributed by atoms with E-state index in [0.29, 0.717) is 18.4 Å². The summed E-state index contributed by atoms with van der Waals surface area (Å²) in [6.45, 7) is 0. The van der Waals surface area contributed by atoms with Gasteiger partial charge in [-0.2, -0.15) is 0 Å². The zero-order chi connectivity index (χ0) is 14.1. The maximum Gasteiger partial charge on any atom is 0.307 e. The highest BCUT2D eigenvalue weighted by Crippen LogP contribution is 2.41. The fourth-order valence-electron chi connectivity index (χ4n) is 3.15. The first kappa shape index (κ1) is 12.9. The molecule has 1 N–H and O–H groups in total. The van der Waals surface area contributed by atoms with Gasteiger partial charge in [0.25, 0.3) is 0 Å². The SMILES string of the molecule is O=C(O)C1CCc2c(F)cccc2C1c1ccccc1. The fraction of sp³-hybridized carbons (Fsp3) is 0.235. The summed E-state index contributed by atoms with van der Waals surface area (Å²) in [4.78, 5) is 11.5. The van der Waals surface area contributed by atoms with E-state index in [0.717, 1.165) is 11.1 Å². The summed E-state index contributed by atoms with van der Waals surface area (Å²) >= 11 is 0. The van der Waals surface area contributed by atoms with Crippen LogP contribution in [0.3, 0.4) is 0 Å². The van der Waals surface area contributed by atoms with Crippen LogP contribution in [0.2, 0.25) is 0 Å². The van der Waals surface area contributed by atoms with Gasteiger partial charge in [0.15, 0.2) is 0 Å². The second-order valence-electron chi connectivity index (χ2n) is 5.18. The summed E-state index contributed by atoms with van der Waals surface area (Å²) in [6.07, 6.45) is 0.963. The molecule has 2 atom stereocenters. The molecule has 2 aromatic rings. The number of aliphatic carboxylic acids is 1. The molecule has 1 aliphatic carbocycles. The fourth-order valence-corrected chi connectivity index (χ4v) is 3.15. The van der Waals surface area contributed by atoms with E-state index < -0.39 is 11.9 Å². The van der Waals surface area contributed by atoms with Gasteiger partial charge < -0.3 is 5.11 Å². The number of rotatable bonds is 2. The molecule has 0 spiro atoms. The summed E-state index contributed by atoms with van der Waals surface area (Å²) < 4.78 is 13.9. The van der Waals surface area contributed by atoms with Gasteiger partial charge in [0.1, 0.15) is 5.82 Å². The maximum absolute atomic E-state index is 13.9.